The summed E-state index contributed by atoms with van der Waals surface area (Å²) in [4.78, 5) is 11.1. The van der Waals surface area contributed by atoms with E-state index >= 15 is 0 Å². The van der Waals surface area contributed by atoms with Crippen LogP contribution in [-0.2, 0) is 9.47 Å². The monoisotopic (exact) mass is 418 g/mol. The van der Waals surface area contributed by atoms with E-state index in [1.54, 1.807) is 0 Å². The molecule has 1 aromatic rings. The lowest BCUT2D eigenvalue weighted by atomic mass is 10.2. The van der Waals surface area contributed by atoms with Crippen LogP contribution in [0.4, 0.5) is 0 Å². The van der Waals surface area contributed by atoms with Crippen LogP contribution in [-0.4, -0.2) is 43.3 Å². The molecule has 0 saturated heterocycles. The largest absolute Gasteiger partial charge is 0.502 e. The van der Waals surface area contributed by atoms with Gasteiger partial charge >= 0.3 is 11.9 Å². The van der Waals surface area contributed by atoms with Gasteiger partial charge in [-0.05, 0) is 18.2 Å². The van der Waals surface area contributed by atoms with E-state index in [2.05, 4.69) is 20.7 Å². The molecule has 1 unspecified atom stereocenters. The lowest BCUT2D eigenvalue weighted by Crippen LogP contribution is -2.48. The van der Waals surface area contributed by atoms with Crippen LogP contribution in [0.25, 0.3) is 0 Å². The van der Waals surface area contributed by atoms with Crippen molar-refractivity contribution < 1.29 is 44.5 Å². The second-order valence-corrected chi connectivity index (χ2v) is 6.40. The number of rotatable bonds is 5. The van der Waals surface area contributed by atoms with Gasteiger partial charge in [0.1, 0.15) is 12.0 Å². The third-order valence-corrected chi connectivity index (χ3v) is 3.42. The Morgan fingerprint density at radius 2 is 1.88 bits per heavy atom. The van der Waals surface area contributed by atoms with Crippen LogP contribution < -0.4 is 4.74 Å². The van der Waals surface area contributed by atoms with Gasteiger partial charge in [0.25, 0.3) is 0 Å². The van der Waals surface area contributed by atoms with E-state index in [1.165, 1.54) is 32.0 Å². The molecule has 0 radical (unpaired) electrons. The fourth-order valence-electron chi connectivity index (χ4n) is 1.97. The molecule has 136 valence electrons. The highest BCUT2D eigenvalue weighted by Crippen LogP contribution is 2.34. The average Bonchev–Trinajstić information content (AvgIpc) is 2.48. The zero-order valence-electron chi connectivity index (χ0n) is 13.1. The molecule has 10 heteroatoms. The third kappa shape index (κ3) is 4.16. The molecular formula is C15H15BrO9. The van der Waals surface area contributed by atoms with Gasteiger partial charge in [-0.1, -0.05) is 15.9 Å². The van der Waals surface area contributed by atoms with Gasteiger partial charge in [0.05, 0.1) is 5.56 Å². The lowest BCUT2D eigenvalue weighted by molar-refractivity contribution is -0.394. The van der Waals surface area contributed by atoms with Gasteiger partial charge in [-0.2, -0.15) is 0 Å². The Morgan fingerprint density at radius 1 is 1.24 bits per heavy atom. The molecule has 1 aliphatic heterocycles. The molecule has 1 aliphatic rings. The van der Waals surface area contributed by atoms with E-state index < -0.39 is 35.0 Å². The lowest BCUT2D eigenvalue weighted by Gasteiger charge is -2.36. The van der Waals surface area contributed by atoms with E-state index in [-0.39, 0.29) is 11.3 Å². The minimum atomic E-state index is -2.82. The third-order valence-electron chi connectivity index (χ3n) is 2.96. The minimum absolute atomic E-state index is 0.0546. The second-order valence-electron chi connectivity index (χ2n) is 5.48. The topological polar surface area (TPSA) is 146 Å². The standard InChI is InChI=1S/C15H15BrO9/c1-14(2,24-9-4-7(13(20)21)3-8(16)5-9)25-15(22)12(19)11(18)10(17)6-23-15/h3-6,17-19,22H,1-2H3,(H,20,21). The number of aliphatic hydroxyl groups excluding tert-OH is 3. The van der Waals surface area contributed by atoms with Crippen molar-refractivity contribution in [1.29, 1.82) is 0 Å². The van der Waals surface area contributed by atoms with Gasteiger partial charge in [0.15, 0.2) is 5.76 Å². The molecule has 0 spiro atoms. The van der Waals surface area contributed by atoms with Crippen molar-refractivity contribution in [2.24, 2.45) is 0 Å². The maximum Gasteiger partial charge on any atom is 0.394 e. The molecule has 25 heavy (non-hydrogen) atoms. The van der Waals surface area contributed by atoms with Gasteiger partial charge in [-0.15, -0.1) is 0 Å². The fraction of sp³-hybridized carbons (Fsp3) is 0.267. The van der Waals surface area contributed by atoms with Crippen molar-refractivity contribution in [3.05, 3.63) is 51.8 Å². The summed E-state index contributed by atoms with van der Waals surface area (Å²) in [6.07, 6.45) is 0.576. The van der Waals surface area contributed by atoms with Crippen LogP contribution in [0, 0.1) is 0 Å². The highest BCUT2D eigenvalue weighted by Gasteiger charge is 2.47. The van der Waals surface area contributed by atoms with Crippen LogP contribution in [0.1, 0.15) is 24.2 Å². The van der Waals surface area contributed by atoms with Gasteiger partial charge in [0.2, 0.25) is 17.3 Å². The van der Waals surface area contributed by atoms with Gasteiger partial charge in [0, 0.05) is 18.3 Å². The molecule has 9 nitrogen and oxygen atoms in total. The molecule has 1 atom stereocenters. The number of aromatic carboxylic acids is 1. The van der Waals surface area contributed by atoms with Crippen molar-refractivity contribution in [2.45, 2.75) is 25.6 Å². The maximum absolute atomic E-state index is 11.1. The average molecular weight is 419 g/mol. The number of aliphatic hydroxyl groups is 4. The summed E-state index contributed by atoms with van der Waals surface area (Å²) in [5.41, 5.74) is -0.0546. The normalized spacial score (nSPS) is 20.7. The van der Waals surface area contributed by atoms with Crippen molar-refractivity contribution in [1.82, 2.24) is 0 Å². The van der Waals surface area contributed by atoms with Crippen LogP contribution in [0.3, 0.4) is 0 Å². The molecule has 0 aromatic heterocycles. The first-order valence-electron chi connectivity index (χ1n) is 6.79. The summed E-state index contributed by atoms with van der Waals surface area (Å²) in [7, 11) is 0. The molecule has 2 rings (SSSR count). The van der Waals surface area contributed by atoms with Crippen LogP contribution in [0.5, 0.6) is 5.75 Å². The van der Waals surface area contributed by atoms with E-state index in [9.17, 15) is 25.2 Å². The molecule has 5 N–H and O–H groups in total. The van der Waals surface area contributed by atoms with E-state index in [1.807, 2.05) is 0 Å². The van der Waals surface area contributed by atoms with Crippen LogP contribution in [0.15, 0.2) is 46.2 Å². The molecule has 0 amide bonds. The SMILES string of the molecule is CC(C)(Oc1cc(Br)cc(C(=O)O)c1)OC1(O)OC=C(O)C(O)=C1O. The maximum atomic E-state index is 11.1. The van der Waals surface area contributed by atoms with E-state index in [0.717, 1.165) is 0 Å². The number of hydrogen-bond acceptors (Lipinski definition) is 8. The molecule has 1 aromatic carbocycles. The number of carboxylic acid groups (broad SMARTS) is 1. The number of carbonyl (C=O) groups is 1. The molecule has 0 saturated carbocycles. The zero-order chi connectivity index (χ0) is 19.0. The predicted octanol–water partition coefficient (Wildman–Crippen LogP) is 2.68. The van der Waals surface area contributed by atoms with E-state index in [0.29, 0.717) is 10.7 Å². The number of halogens is 1. The Morgan fingerprint density at radius 3 is 2.48 bits per heavy atom. The first kappa shape index (κ1) is 18.9. The number of ether oxygens (including phenoxy) is 3. The summed E-state index contributed by atoms with van der Waals surface area (Å²) in [6, 6.07) is 4.05. The Hall–Kier alpha value is -2.43. The molecular weight excluding hydrogens is 404 g/mol. The highest BCUT2D eigenvalue weighted by atomic mass is 79.9. The summed E-state index contributed by atoms with van der Waals surface area (Å²) >= 11 is 3.15. The summed E-state index contributed by atoms with van der Waals surface area (Å²) < 4.78 is 15.8. The smallest absolute Gasteiger partial charge is 0.394 e. The molecule has 0 fully saturated rings. The number of carboxylic acids is 1. The Labute approximate surface area is 150 Å². The van der Waals surface area contributed by atoms with Crippen LogP contribution >= 0.6 is 15.9 Å². The van der Waals surface area contributed by atoms with E-state index in [4.69, 9.17) is 14.6 Å². The highest BCUT2D eigenvalue weighted by molar-refractivity contribution is 9.10. The molecule has 0 aliphatic carbocycles. The summed E-state index contributed by atoms with van der Waals surface area (Å²) in [5, 5.41) is 47.7. The van der Waals surface area contributed by atoms with Gasteiger partial charge < -0.3 is 35.0 Å². The Balaban J connectivity index is 2.25. The van der Waals surface area contributed by atoms with Crippen molar-refractivity contribution in [3.63, 3.8) is 0 Å². The Bertz CT molecular complexity index is 768. The van der Waals surface area contributed by atoms with Crippen LogP contribution in [0.2, 0.25) is 0 Å². The summed E-state index contributed by atoms with van der Waals surface area (Å²) in [5.74, 6) is -8.57. The Kier molecular flexibility index (Phi) is 4.89. The second kappa shape index (κ2) is 6.47. The van der Waals surface area contributed by atoms with Crippen molar-refractivity contribution in [3.8, 4) is 5.75 Å². The number of benzene rings is 1. The van der Waals surface area contributed by atoms with Crippen molar-refractivity contribution in [2.75, 3.05) is 0 Å². The molecule has 0 bridgehead atoms. The number of hydrogen-bond donors (Lipinski definition) is 5. The van der Waals surface area contributed by atoms with Crippen molar-refractivity contribution >= 4 is 21.9 Å². The fourth-order valence-corrected chi connectivity index (χ4v) is 2.45. The summed E-state index contributed by atoms with van der Waals surface area (Å²) in [6.45, 7) is 2.69. The van der Waals surface area contributed by atoms with Gasteiger partial charge in [-0.3, -0.25) is 4.74 Å². The minimum Gasteiger partial charge on any atom is -0.502 e. The first-order valence-corrected chi connectivity index (χ1v) is 7.58. The molecule has 1 heterocycles. The zero-order valence-corrected chi connectivity index (χ0v) is 14.6. The predicted molar refractivity (Wildman–Crippen MR) is 85.9 cm³/mol. The first-order chi connectivity index (χ1) is 11.4. The quantitative estimate of drug-likeness (QED) is 0.455. The van der Waals surface area contributed by atoms with Gasteiger partial charge in [-0.25, -0.2) is 4.79 Å².